The maximum Gasteiger partial charge on any atom is 0.0826 e. The molecule has 0 aromatic rings. The first-order valence-corrected chi connectivity index (χ1v) is 6.17. The Labute approximate surface area is 94.2 Å². The molecule has 3 nitrogen and oxygen atoms in total. The maximum atomic E-state index is 5.72. The molecule has 0 unspecified atom stereocenters. The Balaban J connectivity index is 2.23. The van der Waals surface area contributed by atoms with Crippen LogP contribution in [0.15, 0.2) is 0 Å². The molecule has 3 heteroatoms. The molecular weight excluding hydrogens is 188 g/mol. The minimum atomic E-state index is 0.372. The highest BCUT2D eigenvalue weighted by atomic mass is 16.5. The SMILES string of the molecule is CC[C@@H](NC[C@@H]1CN(C)CCO1)C(C)C. The summed E-state index contributed by atoms with van der Waals surface area (Å²) >= 11 is 0. The summed E-state index contributed by atoms with van der Waals surface area (Å²) in [6.45, 7) is 10.8. The topological polar surface area (TPSA) is 24.5 Å². The van der Waals surface area contributed by atoms with E-state index in [0.717, 1.165) is 26.2 Å². The van der Waals surface area contributed by atoms with E-state index in [1.807, 2.05) is 0 Å². The summed E-state index contributed by atoms with van der Waals surface area (Å²) < 4.78 is 5.72. The first-order chi connectivity index (χ1) is 7.13. The minimum Gasteiger partial charge on any atom is -0.374 e. The van der Waals surface area contributed by atoms with E-state index >= 15 is 0 Å². The molecule has 1 fully saturated rings. The largest absolute Gasteiger partial charge is 0.374 e. The van der Waals surface area contributed by atoms with E-state index in [1.165, 1.54) is 6.42 Å². The fourth-order valence-corrected chi connectivity index (χ4v) is 2.12. The number of hydrogen-bond donors (Lipinski definition) is 1. The summed E-state index contributed by atoms with van der Waals surface area (Å²) in [6.07, 6.45) is 1.57. The molecule has 0 saturated carbocycles. The monoisotopic (exact) mass is 214 g/mol. The van der Waals surface area contributed by atoms with Gasteiger partial charge >= 0.3 is 0 Å². The van der Waals surface area contributed by atoms with Crippen LogP contribution in [0.25, 0.3) is 0 Å². The first kappa shape index (κ1) is 12.9. The lowest BCUT2D eigenvalue weighted by molar-refractivity contribution is -0.0199. The molecule has 90 valence electrons. The van der Waals surface area contributed by atoms with E-state index in [0.29, 0.717) is 18.1 Å². The van der Waals surface area contributed by atoms with Gasteiger partial charge in [0.15, 0.2) is 0 Å². The van der Waals surface area contributed by atoms with Crippen molar-refractivity contribution < 1.29 is 4.74 Å². The fourth-order valence-electron chi connectivity index (χ4n) is 2.12. The zero-order valence-electron chi connectivity index (χ0n) is 10.6. The number of nitrogens with zero attached hydrogens (tertiary/aromatic N) is 1. The maximum absolute atomic E-state index is 5.72. The lowest BCUT2D eigenvalue weighted by Gasteiger charge is -2.32. The normalized spacial score (nSPS) is 25.8. The van der Waals surface area contributed by atoms with Gasteiger partial charge in [-0.2, -0.15) is 0 Å². The van der Waals surface area contributed by atoms with Crippen molar-refractivity contribution in [3.63, 3.8) is 0 Å². The van der Waals surface area contributed by atoms with Crippen molar-refractivity contribution in [2.45, 2.75) is 39.3 Å². The molecule has 1 N–H and O–H groups in total. The summed E-state index contributed by atoms with van der Waals surface area (Å²) in [4.78, 5) is 2.34. The van der Waals surface area contributed by atoms with E-state index in [9.17, 15) is 0 Å². The molecule has 2 atom stereocenters. The van der Waals surface area contributed by atoms with Crippen LogP contribution >= 0.6 is 0 Å². The molecule has 1 rings (SSSR count). The molecule has 1 aliphatic rings. The predicted octanol–water partition coefficient (Wildman–Crippen LogP) is 1.34. The first-order valence-electron chi connectivity index (χ1n) is 6.17. The molecule has 1 aliphatic heterocycles. The Kier molecular flexibility index (Phi) is 5.58. The van der Waals surface area contributed by atoms with Crippen molar-refractivity contribution >= 4 is 0 Å². The van der Waals surface area contributed by atoms with Crippen LogP contribution in [-0.2, 0) is 4.74 Å². The number of likely N-dealkylation sites (N-methyl/N-ethyl adjacent to an activating group) is 1. The molecule has 1 saturated heterocycles. The highest BCUT2D eigenvalue weighted by molar-refractivity contribution is 4.75. The van der Waals surface area contributed by atoms with Crippen LogP contribution in [0.5, 0.6) is 0 Å². The number of hydrogen-bond acceptors (Lipinski definition) is 3. The summed E-state index contributed by atoms with van der Waals surface area (Å²) in [6, 6.07) is 0.626. The second-order valence-electron chi connectivity index (χ2n) is 4.92. The number of nitrogens with one attached hydrogen (secondary N) is 1. The lowest BCUT2D eigenvalue weighted by Crippen LogP contribution is -2.47. The van der Waals surface area contributed by atoms with Crippen LogP contribution < -0.4 is 5.32 Å². The van der Waals surface area contributed by atoms with Crippen LogP contribution in [-0.4, -0.2) is 50.3 Å². The van der Waals surface area contributed by atoms with Gasteiger partial charge in [0, 0.05) is 25.7 Å². The third-order valence-electron chi connectivity index (χ3n) is 3.19. The standard InChI is InChI=1S/C12H26N2O/c1-5-12(10(2)3)13-8-11-9-14(4)6-7-15-11/h10-13H,5-9H2,1-4H3/t11-,12-/m1/s1. The molecule has 0 aromatic heterocycles. The van der Waals surface area contributed by atoms with Gasteiger partial charge in [-0.15, -0.1) is 0 Å². The highest BCUT2D eigenvalue weighted by Gasteiger charge is 2.19. The van der Waals surface area contributed by atoms with Gasteiger partial charge in [0.2, 0.25) is 0 Å². The summed E-state index contributed by atoms with van der Waals surface area (Å²) in [7, 11) is 2.16. The predicted molar refractivity (Wildman–Crippen MR) is 64.2 cm³/mol. The Morgan fingerprint density at radius 1 is 1.47 bits per heavy atom. The van der Waals surface area contributed by atoms with Gasteiger partial charge in [-0.05, 0) is 19.4 Å². The van der Waals surface area contributed by atoms with Crippen molar-refractivity contribution in [1.82, 2.24) is 10.2 Å². The second kappa shape index (κ2) is 6.46. The molecular formula is C12H26N2O. The van der Waals surface area contributed by atoms with Gasteiger partial charge in [-0.25, -0.2) is 0 Å². The second-order valence-corrected chi connectivity index (χ2v) is 4.92. The summed E-state index contributed by atoms with van der Waals surface area (Å²) in [5.74, 6) is 0.705. The van der Waals surface area contributed by atoms with Crippen molar-refractivity contribution in [1.29, 1.82) is 0 Å². The Bertz CT molecular complexity index is 173. The zero-order chi connectivity index (χ0) is 11.3. The smallest absolute Gasteiger partial charge is 0.0826 e. The summed E-state index contributed by atoms with van der Waals surface area (Å²) in [5, 5.41) is 3.61. The van der Waals surface area contributed by atoms with Gasteiger partial charge in [-0.1, -0.05) is 20.8 Å². The Morgan fingerprint density at radius 2 is 2.20 bits per heavy atom. The van der Waals surface area contributed by atoms with Crippen molar-refractivity contribution in [3.8, 4) is 0 Å². The molecule has 0 amide bonds. The zero-order valence-corrected chi connectivity index (χ0v) is 10.6. The van der Waals surface area contributed by atoms with E-state index in [4.69, 9.17) is 4.74 Å². The van der Waals surface area contributed by atoms with Crippen LogP contribution in [0.2, 0.25) is 0 Å². The number of morpholine rings is 1. The minimum absolute atomic E-state index is 0.372. The van der Waals surface area contributed by atoms with Gasteiger partial charge in [0.25, 0.3) is 0 Å². The van der Waals surface area contributed by atoms with Gasteiger partial charge in [0.05, 0.1) is 12.7 Å². The molecule has 0 bridgehead atoms. The Hall–Kier alpha value is -0.120. The third kappa shape index (κ3) is 4.49. The van der Waals surface area contributed by atoms with E-state index in [-0.39, 0.29) is 0 Å². The molecule has 0 radical (unpaired) electrons. The average molecular weight is 214 g/mol. The van der Waals surface area contributed by atoms with E-state index in [2.05, 4.69) is 38.0 Å². The van der Waals surface area contributed by atoms with Gasteiger partial charge in [0.1, 0.15) is 0 Å². The molecule has 0 aliphatic carbocycles. The fraction of sp³-hybridized carbons (Fsp3) is 1.00. The molecule has 1 heterocycles. The van der Waals surface area contributed by atoms with Crippen LogP contribution in [0.4, 0.5) is 0 Å². The van der Waals surface area contributed by atoms with Crippen LogP contribution in [0, 0.1) is 5.92 Å². The van der Waals surface area contributed by atoms with Gasteiger partial charge < -0.3 is 15.0 Å². The van der Waals surface area contributed by atoms with Gasteiger partial charge in [-0.3, -0.25) is 0 Å². The molecule has 0 spiro atoms. The average Bonchev–Trinajstić information content (AvgIpc) is 2.18. The number of ether oxygens (including phenoxy) is 1. The van der Waals surface area contributed by atoms with E-state index in [1.54, 1.807) is 0 Å². The quantitative estimate of drug-likeness (QED) is 0.747. The third-order valence-corrected chi connectivity index (χ3v) is 3.19. The van der Waals surface area contributed by atoms with Crippen molar-refractivity contribution in [2.75, 3.05) is 33.3 Å². The molecule has 0 aromatic carbocycles. The Morgan fingerprint density at radius 3 is 2.73 bits per heavy atom. The van der Waals surface area contributed by atoms with E-state index < -0.39 is 0 Å². The highest BCUT2D eigenvalue weighted by Crippen LogP contribution is 2.07. The van der Waals surface area contributed by atoms with Crippen LogP contribution in [0.3, 0.4) is 0 Å². The molecule has 15 heavy (non-hydrogen) atoms. The number of rotatable bonds is 5. The van der Waals surface area contributed by atoms with Crippen molar-refractivity contribution in [3.05, 3.63) is 0 Å². The summed E-state index contributed by atoms with van der Waals surface area (Å²) in [5.41, 5.74) is 0. The van der Waals surface area contributed by atoms with Crippen molar-refractivity contribution in [2.24, 2.45) is 5.92 Å². The van der Waals surface area contributed by atoms with Crippen LogP contribution in [0.1, 0.15) is 27.2 Å². The lowest BCUT2D eigenvalue weighted by atomic mass is 10.0.